The van der Waals surface area contributed by atoms with Gasteiger partial charge < -0.3 is 10.1 Å². The van der Waals surface area contributed by atoms with E-state index in [0.717, 1.165) is 27.0 Å². The summed E-state index contributed by atoms with van der Waals surface area (Å²) in [5.41, 5.74) is 3.12. The Morgan fingerprint density at radius 1 is 1.06 bits per heavy atom. The SMILES string of the molecule is N#CCCNC(=O)C(=Cc1cccs1)c1ccc(OCc2ccc3ccccc3n2)cc1. The molecule has 0 saturated heterocycles. The third-order valence-electron chi connectivity index (χ3n) is 4.80. The second kappa shape index (κ2) is 10.4. The summed E-state index contributed by atoms with van der Waals surface area (Å²) in [7, 11) is 0. The van der Waals surface area contributed by atoms with Crippen molar-refractivity contribution in [2.75, 3.05) is 6.54 Å². The van der Waals surface area contributed by atoms with Gasteiger partial charge in [0.25, 0.3) is 5.91 Å². The van der Waals surface area contributed by atoms with Crippen molar-refractivity contribution >= 4 is 39.8 Å². The Morgan fingerprint density at radius 3 is 2.69 bits per heavy atom. The number of fused-ring (bicyclic) bond motifs is 1. The number of rotatable bonds is 8. The molecule has 0 fully saturated rings. The molecule has 0 atom stereocenters. The van der Waals surface area contributed by atoms with Gasteiger partial charge in [0.2, 0.25) is 0 Å². The van der Waals surface area contributed by atoms with E-state index in [1.54, 1.807) is 11.3 Å². The number of nitrogens with one attached hydrogen (secondary N) is 1. The standard InChI is InChI=1S/C26H21N3O2S/c27-14-4-15-28-26(30)24(17-23-6-3-16-32-23)19-9-12-22(13-10-19)31-18-21-11-8-20-5-1-2-7-25(20)29-21/h1-3,5-13,16-17H,4,15,18H2,(H,28,30). The van der Waals surface area contributed by atoms with Crippen molar-refractivity contribution in [1.82, 2.24) is 10.3 Å². The second-order valence-electron chi connectivity index (χ2n) is 7.05. The zero-order valence-electron chi connectivity index (χ0n) is 17.3. The van der Waals surface area contributed by atoms with Crippen molar-refractivity contribution < 1.29 is 9.53 Å². The van der Waals surface area contributed by atoms with Crippen molar-refractivity contribution in [1.29, 1.82) is 5.26 Å². The third kappa shape index (κ3) is 5.39. The van der Waals surface area contributed by atoms with Gasteiger partial charge in [-0.05, 0) is 47.4 Å². The van der Waals surface area contributed by atoms with Gasteiger partial charge in [0.05, 0.1) is 23.7 Å². The number of ether oxygens (including phenoxy) is 1. The van der Waals surface area contributed by atoms with E-state index in [4.69, 9.17) is 10.00 Å². The number of thiophene rings is 1. The van der Waals surface area contributed by atoms with Crippen molar-refractivity contribution in [3.05, 3.63) is 94.3 Å². The first kappa shape index (κ1) is 21.3. The summed E-state index contributed by atoms with van der Waals surface area (Å²) in [6.07, 6.45) is 2.13. The van der Waals surface area contributed by atoms with E-state index >= 15 is 0 Å². The molecule has 2 aromatic carbocycles. The van der Waals surface area contributed by atoms with Gasteiger partial charge in [0.15, 0.2) is 0 Å². The monoisotopic (exact) mass is 439 g/mol. The number of hydrogen-bond donors (Lipinski definition) is 1. The largest absolute Gasteiger partial charge is 0.487 e. The Bertz CT molecular complexity index is 1270. The van der Waals surface area contributed by atoms with Gasteiger partial charge in [-0.2, -0.15) is 5.26 Å². The number of para-hydroxylation sites is 1. The van der Waals surface area contributed by atoms with Crippen molar-refractivity contribution in [2.24, 2.45) is 0 Å². The molecule has 0 unspecified atom stereocenters. The molecule has 0 saturated carbocycles. The normalized spacial score (nSPS) is 11.2. The van der Waals surface area contributed by atoms with Gasteiger partial charge in [-0.1, -0.05) is 42.5 Å². The van der Waals surface area contributed by atoms with Crippen LogP contribution in [0.1, 0.15) is 22.6 Å². The topological polar surface area (TPSA) is 75.0 Å². The van der Waals surface area contributed by atoms with Crippen molar-refractivity contribution in [2.45, 2.75) is 13.0 Å². The van der Waals surface area contributed by atoms with Crippen LogP contribution in [0.15, 0.2) is 78.2 Å². The highest BCUT2D eigenvalue weighted by Gasteiger charge is 2.13. The quantitative estimate of drug-likeness (QED) is 0.293. The van der Waals surface area contributed by atoms with Crippen LogP contribution in [0, 0.1) is 11.3 Å². The maximum absolute atomic E-state index is 12.7. The molecular weight excluding hydrogens is 418 g/mol. The number of carbonyl (C=O) groups excluding carboxylic acids is 1. The number of nitriles is 1. The van der Waals surface area contributed by atoms with Crippen LogP contribution in [0.5, 0.6) is 5.75 Å². The summed E-state index contributed by atoms with van der Waals surface area (Å²) < 4.78 is 5.91. The smallest absolute Gasteiger partial charge is 0.251 e. The highest BCUT2D eigenvalue weighted by molar-refractivity contribution is 7.11. The maximum Gasteiger partial charge on any atom is 0.251 e. The lowest BCUT2D eigenvalue weighted by atomic mass is 10.0. The average Bonchev–Trinajstić information content (AvgIpc) is 3.35. The first-order valence-corrected chi connectivity index (χ1v) is 11.1. The first-order valence-electron chi connectivity index (χ1n) is 10.2. The van der Waals surface area contributed by atoms with Crippen LogP contribution in [0.4, 0.5) is 0 Å². The zero-order chi connectivity index (χ0) is 22.2. The van der Waals surface area contributed by atoms with E-state index in [0.29, 0.717) is 24.5 Å². The summed E-state index contributed by atoms with van der Waals surface area (Å²) in [6, 6.07) is 25.4. The van der Waals surface area contributed by atoms with Crippen LogP contribution in [0.2, 0.25) is 0 Å². The number of amides is 1. The van der Waals surface area contributed by atoms with Crippen molar-refractivity contribution in [3.63, 3.8) is 0 Å². The summed E-state index contributed by atoms with van der Waals surface area (Å²) in [6.45, 7) is 0.674. The number of benzene rings is 2. The van der Waals surface area contributed by atoms with Crippen LogP contribution in [-0.4, -0.2) is 17.4 Å². The van der Waals surface area contributed by atoms with E-state index in [-0.39, 0.29) is 12.3 Å². The van der Waals surface area contributed by atoms with E-state index < -0.39 is 0 Å². The summed E-state index contributed by atoms with van der Waals surface area (Å²) in [4.78, 5) is 18.3. The van der Waals surface area contributed by atoms with Gasteiger partial charge in [-0.3, -0.25) is 4.79 Å². The molecule has 2 aromatic heterocycles. The lowest BCUT2D eigenvalue weighted by molar-refractivity contribution is -0.115. The fourth-order valence-electron chi connectivity index (χ4n) is 3.20. The predicted molar refractivity (Wildman–Crippen MR) is 128 cm³/mol. The predicted octanol–water partition coefficient (Wildman–Crippen LogP) is 5.45. The molecule has 4 rings (SSSR count). The number of nitrogens with zero attached hydrogens (tertiary/aromatic N) is 2. The van der Waals surface area contributed by atoms with Gasteiger partial charge in [0.1, 0.15) is 12.4 Å². The van der Waals surface area contributed by atoms with Crippen LogP contribution in [0.3, 0.4) is 0 Å². The molecular formula is C26H21N3O2S. The lowest BCUT2D eigenvalue weighted by Gasteiger charge is -2.10. The van der Waals surface area contributed by atoms with Crippen LogP contribution >= 0.6 is 11.3 Å². The van der Waals surface area contributed by atoms with Crippen LogP contribution in [0.25, 0.3) is 22.6 Å². The molecule has 6 heteroatoms. The number of pyridine rings is 1. The Hall–Kier alpha value is -3.95. The minimum Gasteiger partial charge on any atom is -0.487 e. The first-order chi connectivity index (χ1) is 15.7. The average molecular weight is 440 g/mol. The molecule has 1 N–H and O–H groups in total. The molecule has 2 heterocycles. The van der Waals surface area contributed by atoms with Crippen LogP contribution in [-0.2, 0) is 11.4 Å². The van der Waals surface area contributed by atoms with Gasteiger partial charge >= 0.3 is 0 Å². The summed E-state index contributed by atoms with van der Waals surface area (Å²) in [5, 5.41) is 14.6. The van der Waals surface area contributed by atoms with Gasteiger partial charge in [0, 0.05) is 22.4 Å². The highest BCUT2D eigenvalue weighted by Crippen LogP contribution is 2.24. The molecule has 0 aliphatic rings. The van der Waals surface area contributed by atoms with Gasteiger partial charge in [-0.15, -0.1) is 11.3 Å². The van der Waals surface area contributed by atoms with E-state index in [1.807, 2.05) is 90.3 Å². The molecule has 5 nitrogen and oxygen atoms in total. The molecule has 0 spiro atoms. The summed E-state index contributed by atoms with van der Waals surface area (Å²) >= 11 is 1.56. The molecule has 4 aromatic rings. The molecule has 1 amide bonds. The Balaban J connectivity index is 1.48. The number of hydrogen-bond acceptors (Lipinski definition) is 5. The number of aromatic nitrogens is 1. The maximum atomic E-state index is 12.7. The third-order valence-corrected chi connectivity index (χ3v) is 5.62. The van der Waals surface area contributed by atoms with E-state index in [1.165, 1.54) is 0 Å². The van der Waals surface area contributed by atoms with Crippen molar-refractivity contribution in [3.8, 4) is 11.8 Å². The van der Waals surface area contributed by atoms with Gasteiger partial charge in [-0.25, -0.2) is 4.98 Å². The van der Waals surface area contributed by atoms with Crippen LogP contribution < -0.4 is 10.1 Å². The van der Waals surface area contributed by atoms with E-state index in [2.05, 4.69) is 10.3 Å². The Kier molecular flexibility index (Phi) is 6.91. The summed E-state index contributed by atoms with van der Waals surface area (Å²) in [5.74, 6) is 0.492. The second-order valence-corrected chi connectivity index (χ2v) is 8.03. The lowest BCUT2D eigenvalue weighted by Crippen LogP contribution is -2.25. The molecule has 0 aliphatic heterocycles. The molecule has 0 aliphatic carbocycles. The molecule has 0 radical (unpaired) electrons. The molecule has 32 heavy (non-hydrogen) atoms. The van der Waals surface area contributed by atoms with E-state index in [9.17, 15) is 4.79 Å². The fourth-order valence-corrected chi connectivity index (χ4v) is 3.86. The zero-order valence-corrected chi connectivity index (χ0v) is 18.1. The minimum absolute atomic E-state index is 0.206. The minimum atomic E-state index is -0.206. The Labute approximate surface area is 190 Å². The highest BCUT2D eigenvalue weighted by atomic mass is 32.1. The Morgan fingerprint density at radius 2 is 1.91 bits per heavy atom. The fraction of sp³-hybridized carbons (Fsp3) is 0.115. The number of carbonyl (C=O) groups is 1. The molecule has 0 bridgehead atoms. The molecule has 158 valence electrons.